The van der Waals surface area contributed by atoms with Gasteiger partial charge in [0.05, 0.1) is 6.61 Å². The number of nitrogens with zero attached hydrogens (tertiary/aromatic N) is 1. The van der Waals surface area contributed by atoms with Crippen LogP contribution in [0, 0.1) is 5.82 Å². The fraction of sp³-hybridized carbons (Fsp3) is 0.647. The van der Waals surface area contributed by atoms with Gasteiger partial charge in [-0.3, -0.25) is 4.90 Å². The maximum Gasteiger partial charge on any atom is 0.123 e. The van der Waals surface area contributed by atoms with E-state index in [0.29, 0.717) is 0 Å². The van der Waals surface area contributed by atoms with Crippen molar-refractivity contribution < 1.29 is 9.50 Å². The van der Waals surface area contributed by atoms with Crippen LogP contribution in [0.15, 0.2) is 24.3 Å². The number of aliphatic hydroxyl groups excluding tert-OH is 1. The van der Waals surface area contributed by atoms with Gasteiger partial charge in [0.1, 0.15) is 5.82 Å². The maximum atomic E-state index is 13.4. The fourth-order valence-electron chi connectivity index (χ4n) is 3.23. The van der Waals surface area contributed by atoms with Crippen molar-refractivity contribution in [2.75, 3.05) is 26.7 Å². The van der Waals surface area contributed by atoms with Crippen molar-refractivity contribution >= 4 is 0 Å². The lowest BCUT2D eigenvalue weighted by Crippen LogP contribution is -2.39. The largest absolute Gasteiger partial charge is 0.395 e. The van der Waals surface area contributed by atoms with E-state index >= 15 is 0 Å². The van der Waals surface area contributed by atoms with Gasteiger partial charge in [-0.1, -0.05) is 25.0 Å². The lowest BCUT2D eigenvalue weighted by Gasteiger charge is -2.30. The van der Waals surface area contributed by atoms with E-state index in [9.17, 15) is 9.50 Å². The van der Waals surface area contributed by atoms with Crippen LogP contribution in [0.3, 0.4) is 0 Å². The van der Waals surface area contributed by atoms with Crippen molar-refractivity contribution in [1.82, 2.24) is 10.2 Å². The van der Waals surface area contributed by atoms with Gasteiger partial charge < -0.3 is 10.4 Å². The Morgan fingerprint density at radius 3 is 2.95 bits per heavy atom. The van der Waals surface area contributed by atoms with Crippen molar-refractivity contribution in [3.63, 3.8) is 0 Å². The summed E-state index contributed by atoms with van der Waals surface area (Å²) in [7, 11) is 1.92. The zero-order chi connectivity index (χ0) is 15.1. The molecule has 0 saturated carbocycles. The number of benzene rings is 1. The summed E-state index contributed by atoms with van der Waals surface area (Å²) in [6.45, 7) is 2.24. The molecule has 118 valence electrons. The van der Waals surface area contributed by atoms with E-state index in [1.807, 2.05) is 13.1 Å². The van der Waals surface area contributed by atoms with Crippen LogP contribution >= 0.6 is 0 Å². The molecule has 0 aromatic heterocycles. The zero-order valence-electron chi connectivity index (χ0n) is 12.9. The van der Waals surface area contributed by atoms with Gasteiger partial charge in [-0.2, -0.15) is 0 Å². The highest BCUT2D eigenvalue weighted by Crippen LogP contribution is 2.21. The van der Waals surface area contributed by atoms with Crippen LogP contribution in [0.1, 0.15) is 43.7 Å². The first-order chi connectivity index (χ1) is 10.2. The molecule has 1 aliphatic rings. The Kier molecular flexibility index (Phi) is 6.61. The van der Waals surface area contributed by atoms with Crippen LogP contribution in [0.2, 0.25) is 0 Å². The topological polar surface area (TPSA) is 35.5 Å². The van der Waals surface area contributed by atoms with Gasteiger partial charge in [-0.05, 0) is 50.6 Å². The van der Waals surface area contributed by atoms with Gasteiger partial charge in [0.25, 0.3) is 0 Å². The molecule has 21 heavy (non-hydrogen) atoms. The Morgan fingerprint density at radius 2 is 2.24 bits per heavy atom. The smallest absolute Gasteiger partial charge is 0.123 e. The number of halogens is 1. The van der Waals surface area contributed by atoms with Gasteiger partial charge in [0.2, 0.25) is 0 Å². The van der Waals surface area contributed by atoms with Crippen molar-refractivity contribution in [3.8, 4) is 0 Å². The molecule has 2 N–H and O–H groups in total. The number of nitrogens with one attached hydrogen (secondary N) is 1. The summed E-state index contributed by atoms with van der Waals surface area (Å²) in [4.78, 5) is 2.40. The predicted octanol–water partition coefficient (Wildman–Crippen LogP) is 2.71. The van der Waals surface area contributed by atoms with Crippen LogP contribution in [0.5, 0.6) is 0 Å². The molecule has 0 bridgehead atoms. The van der Waals surface area contributed by atoms with Crippen molar-refractivity contribution in [2.45, 2.75) is 44.2 Å². The molecule has 2 rings (SSSR count). The van der Waals surface area contributed by atoms with Crippen LogP contribution in [0.25, 0.3) is 0 Å². The summed E-state index contributed by atoms with van der Waals surface area (Å²) in [5.74, 6) is -0.184. The molecule has 2 unspecified atom stereocenters. The monoisotopic (exact) mass is 294 g/mol. The van der Waals surface area contributed by atoms with Gasteiger partial charge in [0, 0.05) is 18.6 Å². The SMILES string of the molecule is CNC(CCN1CCCCCC1CO)c1cccc(F)c1. The molecular weight excluding hydrogens is 267 g/mol. The minimum Gasteiger partial charge on any atom is -0.395 e. The lowest BCUT2D eigenvalue weighted by molar-refractivity contribution is 0.120. The molecule has 0 amide bonds. The highest BCUT2D eigenvalue weighted by atomic mass is 19.1. The fourth-order valence-corrected chi connectivity index (χ4v) is 3.23. The van der Waals surface area contributed by atoms with E-state index in [-0.39, 0.29) is 24.5 Å². The summed E-state index contributed by atoms with van der Waals surface area (Å²) >= 11 is 0. The summed E-state index contributed by atoms with van der Waals surface area (Å²) in [5.41, 5.74) is 0.993. The average Bonchev–Trinajstić information content (AvgIpc) is 2.73. The minimum atomic E-state index is -0.184. The molecule has 3 nitrogen and oxygen atoms in total. The Bertz CT molecular complexity index is 427. The van der Waals surface area contributed by atoms with E-state index in [4.69, 9.17) is 0 Å². The Hall–Kier alpha value is -0.970. The van der Waals surface area contributed by atoms with Crippen molar-refractivity contribution in [2.24, 2.45) is 0 Å². The van der Waals surface area contributed by atoms with Gasteiger partial charge in [-0.15, -0.1) is 0 Å². The third-order valence-corrected chi connectivity index (χ3v) is 4.51. The molecular formula is C17H27FN2O. The van der Waals surface area contributed by atoms with E-state index < -0.39 is 0 Å². The number of aliphatic hydroxyl groups is 1. The average molecular weight is 294 g/mol. The molecule has 1 aliphatic heterocycles. The predicted molar refractivity (Wildman–Crippen MR) is 83.7 cm³/mol. The summed E-state index contributed by atoms with van der Waals surface area (Å²) < 4.78 is 13.4. The Morgan fingerprint density at radius 1 is 1.38 bits per heavy atom. The second kappa shape index (κ2) is 8.47. The molecule has 1 heterocycles. The van der Waals surface area contributed by atoms with E-state index in [0.717, 1.165) is 31.5 Å². The quantitative estimate of drug-likeness (QED) is 0.847. The molecule has 1 saturated heterocycles. The van der Waals surface area contributed by atoms with Crippen LogP contribution in [-0.2, 0) is 0 Å². The summed E-state index contributed by atoms with van der Waals surface area (Å²) in [6, 6.07) is 7.26. The molecule has 4 heteroatoms. The van der Waals surface area contributed by atoms with Crippen LogP contribution in [0.4, 0.5) is 4.39 Å². The van der Waals surface area contributed by atoms with Crippen molar-refractivity contribution in [1.29, 1.82) is 0 Å². The first-order valence-corrected chi connectivity index (χ1v) is 8.02. The standard InChI is InChI=1S/C17H27FN2O/c1-19-17(14-6-5-7-15(18)12-14)9-11-20-10-4-2-3-8-16(20)13-21/h5-7,12,16-17,19,21H,2-4,8-11,13H2,1H3. The molecule has 1 aromatic rings. The molecule has 2 atom stereocenters. The van der Waals surface area contributed by atoms with Crippen LogP contribution in [-0.4, -0.2) is 42.8 Å². The highest BCUT2D eigenvalue weighted by molar-refractivity contribution is 5.20. The zero-order valence-corrected chi connectivity index (χ0v) is 12.9. The lowest BCUT2D eigenvalue weighted by atomic mass is 10.0. The van der Waals surface area contributed by atoms with Gasteiger partial charge in [0.15, 0.2) is 0 Å². The van der Waals surface area contributed by atoms with Gasteiger partial charge in [-0.25, -0.2) is 4.39 Å². The third kappa shape index (κ3) is 4.77. The first kappa shape index (κ1) is 16.4. The minimum absolute atomic E-state index is 0.156. The first-order valence-electron chi connectivity index (χ1n) is 8.02. The third-order valence-electron chi connectivity index (χ3n) is 4.51. The summed E-state index contributed by atoms with van der Waals surface area (Å²) in [6.07, 6.45) is 5.69. The molecule has 1 fully saturated rings. The Labute approximate surface area is 127 Å². The van der Waals surface area contributed by atoms with Crippen LogP contribution < -0.4 is 5.32 Å². The summed E-state index contributed by atoms with van der Waals surface area (Å²) in [5, 5.41) is 12.8. The number of likely N-dealkylation sites (tertiary alicyclic amines) is 1. The number of rotatable bonds is 6. The van der Waals surface area contributed by atoms with Crippen molar-refractivity contribution in [3.05, 3.63) is 35.6 Å². The molecule has 1 aromatic carbocycles. The number of hydrogen-bond acceptors (Lipinski definition) is 3. The Balaban J connectivity index is 1.95. The second-order valence-electron chi connectivity index (χ2n) is 5.91. The van der Waals surface area contributed by atoms with E-state index in [1.165, 1.54) is 25.3 Å². The maximum absolute atomic E-state index is 13.4. The number of hydrogen-bond donors (Lipinski definition) is 2. The van der Waals surface area contributed by atoms with Gasteiger partial charge >= 0.3 is 0 Å². The molecule has 0 aliphatic carbocycles. The molecule has 0 spiro atoms. The molecule has 0 radical (unpaired) electrons. The van der Waals surface area contributed by atoms with E-state index in [1.54, 1.807) is 12.1 Å². The second-order valence-corrected chi connectivity index (χ2v) is 5.91. The van der Waals surface area contributed by atoms with E-state index in [2.05, 4.69) is 10.2 Å². The normalized spacial score (nSPS) is 22.0. The highest BCUT2D eigenvalue weighted by Gasteiger charge is 2.21.